The zero-order valence-electron chi connectivity index (χ0n) is 9.36. The van der Waals surface area contributed by atoms with Gasteiger partial charge in [-0.3, -0.25) is 0 Å². The van der Waals surface area contributed by atoms with E-state index in [9.17, 15) is 0 Å². The fourth-order valence-electron chi connectivity index (χ4n) is 1.46. The topological polar surface area (TPSA) is 25.8 Å². The Morgan fingerprint density at radius 2 is 2.18 bits per heavy atom. The maximum atomic E-state index is 4.23. The normalized spacial score (nSPS) is 12.6. The molecule has 2 nitrogen and oxygen atoms in total. The quantitative estimate of drug-likeness (QED) is 0.721. The summed E-state index contributed by atoms with van der Waals surface area (Å²) in [6.07, 6.45) is 1.88. The summed E-state index contributed by atoms with van der Waals surface area (Å²) in [6, 6.07) is 8.30. The Hall–Kier alpha value is -0.260. The van der Waals surface area contributed by atoms with Crippen molar-refractivity contribution in [2.75, 3.05) is 0 Å². The first-order chi connectivity index (χ1) is 8.19. The van der Waals surface area contributed by atoms with Gasteiger partial charge in [0, 0.05) is 10.9 Å². The first-order valence-corrected chi connectivity index (χ1v) is 7.92. The van der Waals surface area contributed by atoms with Gasteiger partial charge in [0.25, 0.3) is 0 Å². The molecule has 1 unspecified atom stereocenters. The molecule has 17 heavy (non-hydrogen) atoms. The second-order valence-corrected chi connectivity index (χ2v) is 6.83. The van der Waals surface area contributed by atoms with E-state index in [2.05, 4.69) is 61.1 Å². The predicted molar refractivity (Wildman–Crippen MR) is 78.8 cm³/mol. The number of nitrogens with zero attached hydrogens (tertiary/aromatic N) is 2. The summed E-state index contributed by atoms with van der Waals surface area (Å²) in [7, 11) is 0. The molecule has 0 bridgehead atoms. The average molecular weight is 376 g/mol. The fourth-order valence-corrected chi connectivity index (χ4v) is 3.22. The van der Waals surface area contributed by atoms with Crippen molar-refractivity contribution in [3.8, 4) is 0 Å². The molecule has 2 aromatic rings. The van der Waals surface area contributed by atoms with Gasteiger partial charge in [-0.25, -0.2) is 0 Å². The van der Waals surface area contributed by atoms with Crippen LogP contribution in [0.5, 0.6) is 0 Å². The van der Waals surface area contributed by atoms with E-state index in [4.69, 9.17) is 0 Å². The Labute approximate surface area is 122 Å². The number of hydrogen-bond acceptors (Lipinski definition) is 3. The van der Waals surface area contributed by atoms with Crippen LogP contribution < -0.4 is 0 Å². The molecule has 1 heterocycles. The van der Waals surface area contributed by atoms with Gasteiger partial charge in [0.15, 0.2) is 0 Å². The molecule has 0 aliphatic heterocycles. The van der Waals surface area contributed by atoms with E-state index in [1.807, 2.05) is 12.1 Å². The maximum Gasteiger partial charge on any atom is 0.131 e. The van der Waals surface area contributed by atoms with Gasteiger partial charge >= 0.3 is 0 Å². The molecule has 0 radical (unpaired) electrons. The Kier molecular flexibility index (Phi) is 4.70. The van der Waals surface area contributed by atoms with Gasteiger partial charge in [-0.05, 0) is 24.1 Å². The molecule has 0 N–H and O–H groups in total. The van der Waals surface area contributed by atoms with Crippen molar-refractivity contribution in [3.63, 3.8) is 0 Å². The van der Waals surface area contributed by atoms with Crippen molar-refractivity contribution >= 4 is 43.2 Å². The minimum absolute atomic E-state index is 0.330. The summed E-state index contributed by atoms with van der Waals surface area (Å²) in [5, 5.41) is 10.6. The number of rotatable bonds is 4. The Morgan fingerprint density at radius 1 is 1.35 bits per heavy atom. The lowest BCUT2D eigenvalue weighted by molar-refractivity contribution is 0.862. The molecular weight excluding hydrogens is 364 g/mol. The summed E-state index contributed by atoms with van der Waals surface area (Å²) in [6.45, 7) is 2.13. The summed E-state index contributed by atoms with van der Waals surface area (Å²) in [5.41, 5.74) is 1.25. The predicted octanol–water partition coefficient (Wildman–Crippen LogP) is 4.74. The molecule has 0 aliphatic rings. The molecule has 2 rings (SSSR count). The van der Waals surface area contributed by atoms with E-state index < -0.39 is 0 Å². The SMILES string of the molecule is CCC(Br)c1nnc(Cc2cccc(Br)c2)s1. The van der Waals surface area contributed by atoms with E-state index in [0.717, 1.165) is 27.3 Å². The lowest BCUT2D eigenvalue weighted by Crippen LogP contribution is -1.87. The number of alkyl halides is 1. The minimum atomic E-state index is 0.330. The first kappa shape index (κ1) is 13.2. The van der Waals surface area contributed by atoms with Crippen LogP contribution in [0.2, 0.25) is 0 Å². The smallest absolute Gasteiger partial charge is 0.131 e. The van der Waals surface area contributed by atoms with Crippen molar-refractivity contribution in [1.82, 2.24) is 10.2 Å². The van der Waals surface area contributed by atoms with Crippen LogP contribution in [-0.2, 0) is 6.42 Å². The summed E-state index contributed by atoms with van der Waals surface area (Å²) < 4.78 is 1.10. The molecule has 0 amide bonds. The highest BCUT2D eigenvalue weighted by atomic mass is 79.9. The number of hydrogen-bond donors (Lipinski definition) is 0. The van der Waals surface area contributed by atoms with E-state index in [-0.39, 0.29) is 0 Å². The second kappa shape index (κ2) is 6.07. The summed E-state index contributed by atoms with van der Waals surface area (Å²) in [5.74, 6) is 0. The minimum Gasteiger partial charge on any atom is -0.143 e. The third-order valence-corrected chi connectivity index (χ3v) is 5.27. The third-order valence-electron chi connectivity index (χ3n) is 2.35. The molecule has 0 saturated carbocycles. The van der Waals surface area contributed by atoms with Gasteiger partial charge in [-0.2, -0.15) is 0 Å². The van der Waals surface area contributed by atoms with Crippen LogP contribution in [0.3, 0.4) is 0 Å². The van der Waals surface area contributed by atoms with Gasteiger partial charge in [0.05, 0.1) is 4.83 Å². The van der Waals surface area contributed by atoms with E-state index in [1.54, 1.807) is 11.3 Å². The number of benzene rings is 1. The van der Waals surface area contributed by atoms with Crippen molar-refractivity contribution in [2.24, 2.45) is 0 Å². The highest BCUT2D eigenvalue weighted by Gasteiger charge is 2.11. The van der Waals surface area contributed by atoms with E-state index >= 15 is 0 Å². The van der Waals surface area contributed by atoms with Crippen LogP contribution in [0, 0.1) is 0 Å². The molecule has 0 spiro atoms. The highest BCUT2D eigenvalue weighted by Crippen LogP contribution is 2.29. The Morgan fingerprint density at radius 3 is 2.88 bits per heavy atom. The Balaban J connectivity index is 2.11. The van der Waals surface area contributed by atoms with Crippen LogP contribution in [0.1, 0.15) is 33.8 Å². The van der Waals surface area contributed by atoms with Crippen LogP contribution in [0.25, 0.3) is 0 Å². The van der Waals surface area contributed by atoms with E-state index in [0.29, 0.717) is 4.83 Å². The molecule has 0 saturated heterocycles. The van der Waals surface area contributed by atoms with Crippen molar-refractivity contribution < 1.29 is 0 Å². The van der Waals surface area contributed by atoms with Crippen LogP contribution >= 0.6 is 43.2 Å². The lowest BCUT2D eigenvalue weighted by Gasteiger charge is -1.99. The van der Waals surface area contributed by atoms with Crippen LogP contribution in [0.4, 0.5) is 0 Å². The molecule has 1 aromatic carbocycles. The standard InChI is InChI=1S/C12H12Br2N2S/c1-2-10(14)12-16-15-11(17-12)7-8-4-3-5-9(13)6-8/h3-6,10H,2,7H2,1H3. The Bertz CT molecular complexity index is 499. The molecular formula is C12H12Br2N2S. The van der Waals surface area contributed by atoms with Crippen LogP contribution in [-0.4, -0.2) is 10.2 Å². The molecule has 0 fully saturated rings. The third kappa shape index (κ3) is 3.60. The largest absolute Gasteiger partial charge is 0.143 e. The molecule has 90 valence electrons. The van der Waals surface area contributed by atoms with Gasteiger partial charge in [-0.15, -0.1) is 10.2 Å². The summed E-state index contributed by atoms with van der Waals surface area (Å²) in [4.78, 5) is 0.330. The average Bonchev–Trinajstić information content (AvgIpc) is 2.76. The van der Waals surface area contributed by atoms with Crippen molar-refractivity contribution in [2.45, 2.75) is 24.6 Å². The highest BCUT2D eigenvalue weighted by molar-refractivity contribution is 9.10. The maximum absolute atomic E-state index is 4.23. The molecule has 0 aliphatic carbocycles. The van der Waals surface area contributed by atoms with Gasteiger partial charge < -0.3 is 0 Å². The zero-order chi connectivity index (χ0) is 12.3. The molecule has 5 heteroatoms. The first-order valence-electron chi connectivity index (χ1n) is 5.40. The van der Waals surface area contributed by atoms with Crippen molar-refractivity contribution in [3.05, 3.63) is 44.3 Å². The lowest BCUT2D eigenvalue weighted by atomic mass is 10.2. The second-order valence-electron chi connectivity index (χ2n) is 3.72. The summed E-state index contributed by atoms with van der Waals surface area (Å²) >= 11 is 8.75. The van der Waals surface area contributed by atoms with Crippen LogP contribution in [0.15, 0.2) is 28.7 Å². The number of aromatic nitrogens is 2. The van der Waals surface area contributed by atoms with Gasteiger partial charge in [0.2, 0.25) is 0 Å². The van der Waals surface area contributed by atoms with Gasteiger partial charge in [0.1, 0.15) is 10.0 Å². The molecule has 1 atom stereocenters. The zero-order valence-corrected chi connectivity index (χ0v) is 13.3. The van der Waals surface area contributed by atoms with Gasteiger partial charge in [-0.1, -0.05) is 62.3 Å². The monoisotopic (exact) mass is 374 g/mol. The number of halogens is 2. The van der Waals surface area contributed by atoms with E-state index in [1.165, 1.54) is 5.56 Å². The van der Waals surface area contributed by atoms with Crippen molar-refractivity contribution in [1.29, 1.82) is 0 Å². The molecule has 1 aromatic heterocycles. The fraction of sp³-hybridized carbons (Fsp3) is 0.333.